The summed E-state index contributed by atoms with van der Waals surface area (Å²) in [5, 5.41) is 2.76. The van der Waals surface area contributed by atoms with E-state index in [4.69, 9.17) is 4.74 Å². The lowest BCUT2D eigenvalue weighted by molar-refractivity contribution is -0.122. The highest BCUT2D eigenvalue weighted by Gasteiger charge is 2.22. The highest BCUT2D eigenvalue weighted by atomic mass is 16.5. The fourth-order valence-corrected chi connectivity index (χ4v) is 3.25. The molecule has 1 N–H and O–H groups in total. The van der Waals surface area contributed by atoms with E-state index in [2.05, 4.69) is 19.2 Å². The number of anilines is 1. The molecule has 0 unspecified atom stereocenters. The molecule has 0 bridgehead atoms. The molecule has 2 aromatic carbocycles. The third-order valence-corrected chi connectivity index (χ3v) is 5.02. The summed E-state index contributed by atoms with van der Waals surface area (Å²) < 4.78 is 9.18. The number of nitrogens with zero attached hydrogens (tertiary/aromatic N) is 2. The van der Waals surface area contributed by atoms with E-state index in [0.717, 1.165) is 11.3 Å². The molecule has 6 nitrogen and oxygen atoms in total. The van der Waals surface area contributed by atoms with Crippen LogP contribution in [0.15, 0.2) is 59.4 Å². The van der Waals surface area contributed by atoms with Gasteiger partial charge in [-0.2, -0.15) is 0 Å². The molecule has 0 aliphatic carbocycles. The summed E-state index contributed by atoms with van der Waals surface area (Å²) in [6.07, 6.45) is -0.751. The molecule has 1 amide bonds. The van der Waals surface area contributed by atoms with Crippen LogP contribution in [0.3, 0.4) is 0 Å². The highest BCUT2D eigenvalue weighted by molar-refractivity contribution is 5.94. The van der Waals surface area contributed by atoms with E-state index in [1.165, 1.54) is 4.68 Å². The predicted octanol–water partition coefficient (Wildman–Crippen LogP) is 4.01. The Morgan fingerprint density at radius 2 is 1.62 bits per heavy atom. The Balaban J connectivity index is 1.84. The summed E-state index contributed by atoms with van der Waals surface area (Å²) in [4.78, 5) is 25.7. The summed E-state index contributed by atoms with van der Waals surface area (Å²) in [6, 6.07) is 17.0. The topological polar surface area (TPSA) is 65.3 Å². The van der Waals surface area contributed by atoms with Crippen LogP contribution in [0.5, 0.6) is 5.75 Å². The lowest BCUT2D eigenvalue weighted by atomic mass is 10.0. The summed E-state index contributed by atoms with van der Waals surface area (Å²) in [5.74, 6) is 0.585. The van der Waals surface area contributed by atoms with Gasteiger partial charge in [0.2, 0.25) is 0 Å². The number of aromatic nitrogens is 2. The molecular weight excluding hydrogens is 366 g/mol. The number of carbonyl (C=O) groups excluding carboxylic acids is 1. The number of nitrogens with one attached hydrogen (secondary N) is 1. The molecule has 0 aliphatic rings. The first-order valence-corrected chi connectivity index (χ1v) is 9.71. The van der Waals surface area contributed by atoms with Crippen LogP contribution in [0.1, 0.15) is 37.9 Å². The van der Waals surface area contributed by atoms with Gasteiger partial charge in [-0.3, -0.25) is 14.3 Å². The first-order chi connectivity index (χ1) is 13.8. The first kappa shape index (κ1) is 20.5. The van der Waals surface area contributed by atoms with Crippen LogP contribution in [0, 0.1) is 6.92 Å². The maximum absolute atomic E-state index is 13.0. The number of rotatable bonds is 6. The molecule has 1 atom stereocenters. The third kappa shape index (κ3) is 4.11. The van der Waals surface area contributed by atoms with Gasteiger partial charge in [-0.1, -0.05) is 50.2 Å². The van der Waals surface area contributed by atoms with Crippen LogP contribution in [-0.4, -0.2) is 21.4 Å². The van der Waals surface area contributed by atoms with Crippen LogP contribution in [0.25, 0.3) is 5.69 Å². The van der Waals surface area contributed by atoms with Crippen LogP contribution < -0.4 is 15.6 Å². The number of hydrogen-bond donors (Lipinski definition) is 1. The number of amides is 1. The third-order valence-electron chi connectivity index (χ3n) is 5.02. The zero-order chi connectivity index (χ0) is 21.1. The Morgan fingerprint density at radius 1 is 1.00 bits per heavy atom. The van der Waals surface area contributed by atoms with Gasteiger partial charge in [0.1, 0.15) is 11.4 Å². The Hall–Kier alpha value is -3.28. The van der Waals surface area contributed by atoms with Crippen LogP contribution in [0.4, 0.5) is 5.69 Å². The molecule has 152 valence electrons. The lowest BCUT2D eigenvalue weighted by Crippen LogP contribution is -2.32. The van der Waals surface area contributed by atoms with Crippen molar-refractivity contribution in [3.63, 3.8) is 0 Å². The molecule has 0 fully saturated rings. The summed E-state index contributed by atoms with van der Waals surface area (Å²) >= 11 is 0. The number of para-hydroxylation sites is 2. The number of ether oxygens (including phenoxy) is 1. The van der Waals surface area contributed by atoms with E-state index in [1.807, 2.05) is 54.6 Å². The van der Waals surface area contributed by atoms with Crippen molar-refractivity contribution in [2.75, 3.05) is 5.32 Å². The van der Waals surface area contributed by atoms with Crippen molar-refractivity contribution in [3.05, 3.63) is 76.2 Å². The van der Waals surface area contributed by atoms with Gasteiger partial charge in [0, 0.05) is 7.05 Å². The van der Waals surface area contributed by atoms with Gasteiger partial charge < -0.3 is 10.1 Å². The molecule has 0 aliphatic heterocycles. The summed E-state index contributed by atoms with van der Waals surface area (Å²) in [6.45, 7) is 7.63. The largest absolute Gasteiger partial charge is 0.481 e. The monoisotopic (exact) mass is 393 g/mol. The van der Waals surface area contributed by atoms with Crippen molar-refractivity contribution >= 4 is 11.6 Å². The van der Waals surface area contributed by atoms with E-state index >= 15 is 0 Å². The van der Waals surface area contributed by atoms with Gasteiger partial charge in [-0.25, -0.2) is 4.68 Å². The van der Waals surface area contributed by atoms with Gasteiger partial charge in [0.15, 0.2) is 6.10 Å². The second kappa shape index (κ2) is 8.39. The molecular formula is C23H27N3O3. The maximum atomic E-state index is 13.0. The summed E-state index contributed by atoms with van der Waals surface area (Å²) in [5.41, 5.74) is 2.42. The van der Waals surface area contributed by atoms with Crippen molar-refractivity contribution in [1.82, 2.24) is 9.36 Å². The first-order valence-electron chi connectivity index (χ1n) is 9.71. The van der Waals surface area contributed by atoms with Crippen LogP contribution in [0.2, 0.25) is 0 Å². The molecule has 0 saturated carbocycles. The highest BCUT2D eigenvalue weighted by Crippen LogP contribution is 2.27. The molecule has 1 aromatic heterocycles. The molecule has 0 radical (unpaired) electrons. The molecule has 0 saturated heterocycles. The van der Waals surface area contributed by atoms with Gasteiger partial charge in [0.05, 0.1) is 11.4 Å². The fourth-order valence-electron chi connectivity index (χ4n) is 3.25. The average molecular weight is 393 g/mol. The number of benzene rings is 2. The zero-order valence-corrected chi connectivity index (χ0v) is 17.5. The normalized spacial score (nSPS) is 12.1. The fraction of sp³-hybridized carbons (Fsp3) is 0.304. The Morgan fingerprint density at radius 3 is 2.28 bits per heavy atom. The van der Waals surface area contributed by atoms with E-state index in [1.54, 1.807) is 25.6 Å². The SMILES string of the molecule is Cc1c(NC(=O)[C@@H](C)Oc2ccccc2C(C)C)c(=O)n(-c2ccccc2)n1C. The Bertz CT molecular complexity index is 1060. The molecule has 6 heteroatoms. The van der Waals surface area contributed by atoms with Crippen LogP contribution in [-0.2, 0) is 11.8 Å². The van der Waals surface area contributed by atoms with Crippen molar-refractivity contribution in [1.29, 1.82) is 0 Å². The van der Waals surface area contributed by atoms with Gasteiger partial charge in [-0.05, 0) is 43.5 Å². The molecule has 3 aromatic rings. The zero-order valence-electron chi connectivity index (χ0n) is 17.5. The Labute approximate surface area is 170 Å². The second-order valence-electron chi connectivity index (χ2n) is 7.38. The minimum Gasteiger partial charge on any atom is -0.481 e. The number of hydrogen-bond acceptors (Lipinski definition) is 3. The van der Waals surface area contributed by atoms with Crippen molar-refractivity contribution in [3.8, 4) is 11.4 Å². The van der Waals surface area contributed by atoms with Gasteiger partial charge >= 0.3 is 0 Å². The van der Waals surface area contributed by atoms with E-state index in [0.29, 0.717) is 11.4 Å². The lowest BCUT2D eigenvalue weighted by Gasteiger charge is -2.18. The predicted molar refractivity (Wildman–Crippen MR) is 115 cm³/mol. The second-order valence-corrected chi connectivity index (χ2v) is 7.38. The molecule has 29 heavy (non-hydrogen) atoms. The van der Waals surface area contributed by atoms with Crippen molar-refractivity contribution in [2.45, 2.75) is 39.7 Å². The maximum Gasteiger partial charge on any atom is 0.295 e. The average Bonchev–Trinajstić information content (AvgIpc) is 2.92. The number of carbonyl (C=O) groups is 1. The quantitative estimate of drug-likeness (QED) is 0.688. The molecule has 3 rings (SSSR count). The van der Waals surface area contributed by atoms with Crippen LogP contribution >= 0.6 is 0 Å². The van der Waals surface area contributed by atoms with Crippen molar-refractivity contribution < 1.29 is 9.53 Å². The molecule has 0 spiro atoms. The van der Waals surface area contributed by atoms with E-state index in [-0.39, 0.29) is 23.1 Å². The van der Waals surface area contributed by atoms with Gasteiger partial charge in [-0.15, -0.1) is 0 Å². The standard InChI is InChI=1S/C23H27N3O3/c1-15(2)19-13-9-10-14-20(19)29-17(4)22(27)24-21-16(3)25(5)26(23(21)28)18-11-7-6-8-12-18/h6-15,17H,1-5H3,(H,24,27)/t17-/m1/s1. The van der Waals surface area contributed by atoms with Gasteiger partial charge in [0.25, 0.3) is 11.5 Å². The van der Waals surface area contributed by atoms with E-state index in [9.17, 15) is 9.59 Å². The Kier molecular flexibility index (Phi) is 5.92. The smallest absolute Gasteiger partial charge is 0.295 e. The van der Waals surface area contributed by atoms with E-state index < -0.39 is 6.10 Å². The minimum absolute atomic E-state index is 0.258. The minimum atomic E-state index is -0.751. The van der Waals surface area contributed by atoms with Crippen molar-refractivity contribution in [2.24, 2.45) is 7.05 Å². The molecule has 1 heterocycles. The summed E-state index contributed by atoms with van der Waals surface area (Å²) in [7, 11) is 1.79.